The number of hydrogen-bond acceptors (Lipinski definition) is 7. The van der Waals surface area contributed by atoms with Crippen molar-refractivity contribution >= 4 is 29.4 Å². The van der Waals surface area contributed by atoms with Gasteiger partial charge in [0.15, 0.2) is 11.5 Å². The fraction of sp³-hybridized carbons (Fsp3) is 0.303. The summed E-state index contributed by atoms with van der Waals surface area (Å²) in [5.74, 6) is 1.74. The Morgan fingerprint density at radius 1 is 0.977 bits per heavy atom. The zero-order valence-corrected chi connectivity index (χ0v) is 25.3. The maximum Gasteiger partial charge on any atom is 0.242 e. The van der Waals surface area contributed by atoms with Crippen molar-refractivity contribution in [2.24, 2.45) is 0 Å². The first-order chi connectivity index (χ1) is 21.0. The molecule has 1 fully saturated rings. The van der Waals surface area contributed by atoms with E-state index < -0.39 is 0 Å². The lowest BCUT2D eigenvalue weighted by atomic mass is 9.99. The van der Waals surface area contributed by atoms with E-state index in [1.165, 1.54) is 11.8 Å². The van der Waals surface area contributed by atoms with E-state index in [4.69, 9.17) is 19.3 Å². The van der Waals surface area contributed by atoms with Crippen molar-refractivity contribution in [3.8, 4) is 28.4 Å². The molecule has 222 valence electrons. The third-order valence-corrected chi connectivity index (χ3v) is 9.00. The van der Waals surface area contributed by atoms with Crippen LogP contribution < -0.4 is 14.4 Å². The van der Waals surface area contributed by atoms with E-state index in [0.717, 1.165) is 33.6 Å². The first kappa shape index (κ1) is 28.8. The van der Waals surface area contributed by atoms with Gasteiger partial charge in [0.1, 0.15) is 12.4 Å². The molecule has 6 rings (SSSR count). The molecule has 0 spiro atoms. The molecule has 1 saturated heterocycles. The number of amides is 2. The molecule has 3 aromatic carbocycles. The molecule has 43 heavy (non-hydrogen) atoms. The van der Waals surface area contributed by atoms with E-state index in [0.29, 0.717) is 43.6 Å². The minimum Gasteiger partial charge on any atom is -0.493 e. The average Bonchev–Trinajstić information content (AvgIpc) is 3.37. The Labute approximate surface area is 255 Å². The van der Waals surface area contributed by atoms with Crippen molar-refractivity contribution in [3.63, 3.8) is 0 Å². The molecular formula is C33H34N4O5S. The van der Waals surface area contributed by atoms with Gasteiger partial charge in [-0.05, 0) is 42.3 Å². The fourth-order valence-electron chi connectivity index (χ4n) is 5.60. The molecule has 1 unspecified atom stereocenters. The summed E-state index contributed by atoms with van der Waals surface area (Å²) >= 11 is 1.52. The molecule has 2 aliphatic rings. The van der Waals surface area contributed by atoms with Crippen LogP contribution >= 0.6 is 11.8 Å². The zero-order valence-electron chi connectivity index (χ0n) is 24.5. The van der Waals surface area contributed by atoms with Crippen molar-refractivity contribution in [1.29, 1.82) is 0 Å². The van der Waals surface area contributed by atoms with Crippen molar-refractivity contribution in [2.45, 2.75) is 12.2 Å². The van der Waals surface area contributed by atoms with Gasteiger partial charge in [0.05, 0.1) is 49.8 Å². The Kier molecular flexibility index (Phi) is 8.40. The minimum atomic E-state index is -0.281. The van der Waals surface area contributed by atoms with E-state index in [1.54, 1.807) is 24.0 Å². The molecule has 0 saturated carbocycles. The van der Waals surface area contributed by atoms with Crippen LogP contribution in [0.25, 0.3) is 16.9 Å². The maximum atomic E-state index is 14.0. The summed E-state index contributed by atoms with van der Waals surface area (Å²) in [6.07, 6.45) is 0. The summed E-state index contributed by atoms with van der Waals surface area (Å²) in [6, 6.07) is 23.8. The summed E-state index contributed by atoms with van der Waals surface area (Å²) < 4.78 is 18.5. The maximum absolute atomic E-state index is 14.0. The molecule has 1 atom stereocenters. The quantitative estimate of drug-likeness (QED) is 0.299. The Morgan fingerprint density at radius 3 is 2.47 bits per heavy atom. The molecule has 0 radical (unpaired) electrons. The topological polar surface area (TPSA) is 86.1 Å². The van der Waals surface area contributed by atoms with Gasteiger partial charge in [-0.1, -0.05) is 48.5 Å². The number of ether oxygens (including phenoxy) is 3. The molecule has 9 nitrogen and oxygen atoms in total. The molecule has 10 heteroatoms. The highest BCUT2D eigenvalue weighted by molar-refractivity contribution is 8.00. The van der Waals surface area contributed by atoms with Crippen LogP contribution in [0.5, 0.6) is 11.5 Å². The Bertz CT molecular complexity index is 1630. The van der Waals surface area contributed by atoms with E-state index in [1.807, 2.05) is 84.4 Å². The number of carbonyl (C=O) groups excluding carboxylic acids is 2. The van der Waals surface area contributed by atoms with Crippen LogP contribution in [0.3, 0.4) is 0 Å². The number of morpholine rings is 1. The van der Waals surface area contributed by atoms with Gasteiger partial charge >= 0.3 is 0 Å². The summed E-state index contributed by atoms with van der Waals surface area (Å²) in [7, 11) is 3.22. The molecular weight excluding hydrogens is 564 g/mol. The van der Waals surface area contributed by atoms with E-state index in [2.05, 4.69) is 0 Å². The number of fused-ring (bicyclic) bond motifs is 1. The number of aromatic nitrogens is 2. The molecule has 0 aliphatic carbocycles. The highest BCUT2D eigenvalue weighted by atomic mass is 32.2. The van der Waals surface area contributed by atoms with Gasteiger partial charge in [-0.15, -0.1) is 11.8 Å². The largest absolute Gasteiger partial charge is 0.493 e. The third-order valence-electron chi connectivity index (χ3n) is 7.75. The lowest BCUT2D eigenvalue weighted by Crippen LogP contribution is -2.48. The van der Waals surface area contributed by atoms with Crippen LogP contribution in [-0.2, 0) is 14.3 Å². The predicted molar refractivity (Wildman–Crippen MR) is 167 cm³/mol. The van der Waals surface area contributed by atoms with Crippen LogP contribution in [0.4, 0.5) is 5.82 Å². The SMILES string of the molecule is COc1ccc(C2SCC(=O)N(CC(=O)N3CCOCC3)c3c2c(-c2ccccc2)nn3-c2cccc(C)c2)cc1OC. The number of methoxy groups -OCH3 is 2. The third kappa shape index (κ3) is 5.72. The molecule has 3 heterocycles. The van der Waals surface area contributed by atoms with Crippen LogP contribution in [0.15, 0.2) is 72.8 Å². The number of aryl methyl sites for hydroxylation is 1. The number of thioether (sulfide) groups is 1. The van der Waals surface area contributed by atoms with Crippen molar-refractivity contribution in [1.82, 2.24) is 14.7 Å². The Hall–Kier alpha value is -4.28. The highest BCUT2D eigenvalue weighted by Gasteiger charge is 2.38. The van der Waals surface area contributed by atoms with E-state index in [9.17, 15) is 9.59 Å². The first-order valence-corrected chi connectivity index (χ1v) is 15.3. The second kappa shape index (κ2) is 12.5. The number of nitrogens with zero attached hydrogens (tertiary/aromatic N) is 4. The second-order valence-corrected chi connectivity index (χ2v) is 11.6. The van der Waals surface area contributed by atoms with Gasteiger partial charge in [-0.25, -0.2) is 4.68 Å². The Balaban J connectivity index is 1.59. The smallest absolute Gasteiger partial charge is 0.242 e. The van der Waals surface area contributed by atoms with Gasteiger partial charge < -0.3 is 19.1 Å². The van der Waals surface area contributed by atoms with E-state index in [-0.39, 0.29) is 29.4 Å². The minimum absolute atomic E-state index is 0.0865. The fourth-order valence-corrected chi connectivity index (χ4v) is 6.78. The lowest BCUT2D eigenvalue weighted by molar-refractivity contribution is -0.134. The first-order valence-electron chi connectivity index (χ1n) is 14.2. The standard InChI is InChI=1S/C33H34N4O5S/c1-22-8-7-11-25(18-22)37-33-30(31(34-37)23-9-5-4-6-10-23)32(24-12-13-26(40-2)27(19-24)41-3)43-21-29(39)36(33)20-28(38)35-14-16-42-17-15-35/h4-13,18-19,32H,14-17,20-21H2,1-3H3. The number of benzene rings is 3. The normalized spacial score (nSPS) is 16.9. The number of hydrogen-bond donors (Lipinski definition) is 0. The summed E-state index contributed by atoms with van der Waals surface area (Å²) in [4.78, 5) is 31.0. The van der Waals surface area contributed by atoms with Gasteiger partial charge in [-0.3, -0.25) is 14.5 Å². The van der Waals surface area contributed by atoms with Crippen LogP contribution in [0.2, 0.25) is 0 Å². The highest BCUT2D eigenvalue weighted by Crippen LogP contribution is 2.49. The molecule has 1 aromatic heterocycles. The van der Waals surface area contributed by atoms with E-state index >= 15 is 0 Å². The van der Waals surface area contributed by atoms with Crippen LogP contribution in [0, 0.1) is 6.92 Å². The Morgan fingerprint density at radius 2 is 1.74 bits per heavy atom. The van der Waals surface area contributed by atoms with Crippen LogP contribution in [0.1, 0.15) is 21.9 Å². The number of carbonyl (C=O) groups is 2. The number of anilines is 1. The van der Waals surface area contributed by atoms with Crippen LogP contribution in [-0.4, -0.2) is 79.3 Å². The van der Waals surface area contributed by atoms with Gasteiger partial charge in [0.25, 0.3) is 0 Å². The van der Waals surface area contributed by atoms with Gasteiger partial charge in [0, 0.05) is 24.2 Å². The summed E-state index contributed by atoms with van der Waals surface area (Å²) in [5.41, 5.74) is 5.36. The number of rotatable bonds is 7. The summed E-state index contributed by atoms with van der Waals surface area (Å²) in [6.45, 7) is 3.92. The van der Waals surface area contributed by atoms with Crippen molar-refractivity contribution in [2.75, 3.05) is 57.7 Å². The van der Waals surface area contributed by atoms with Gasteiger partial charge in [0.2, 0.25) is 11.8 Å². The summed E-state index contributed by atoms with van der Waals surface area (Å²) in [5, 5.41) is 4.90. The molecule has 4 aromatic rings. The lowest BCUT2D eigenvalue weighted by Gasteiger charge is -2.30. The van der Waals surface area contributed by atoms with Crippen molar-refractivity contribution in [3.05, 3.63) is 89.5 Å². The monoisotopic (exact) mass is 598 g/mol. The molecule has 0 bridgehead atoms. The van der Waals surface area contributed by atoms with Crippen molar-refractivity contribution < 1.29 is 23.8 Å². The molecule has 2 aliphatic heterocycles. The molecule has 2 amide bonds. The zero-order chi connectivity index (χ0) is 29.9. The van der Waals surface area contributed by atoms with Gasteiger partial charge in [-0.2, -0.15) is 5.10 Å². The predicted octanol–water partition coefficient (Wildman–Crippen LogP) is 4.89. The molecule has 0 N–H and O–H groups in total. The average molecular weight is 599 g/mol. The second-order valence-electron chi connectivity index (χ2n) is 10.5.